The molecule has 0 bridgehead atoms. The lowest BCUT2D eigenvalue weighted by Gasteiger charge is -2.17. The lowest BCUT2D eigenvalue weighted by atomic mass is 10.0. The van der Waals surface area contributed by atoms with Crippen molar-refractivity contribution in [2.45, 2.75) is 37.1 Å². The number of halogens is 3. The Balaban J connectivity index is 2.12. The number of aryl methyl sites for hydroxylation is 1. The quantitative estimate of drug-likeness (QED) is 0.727. The first-order valence-corrected chi connectivity index (χ1v) is 7.08. The van der Waals surface area contributed by atoms with Gasteiger partial charge in [0.2, 0.25) is 0 Å². The zero-order valence-electron chi connectivity index (χ0n) is 9.68. The van der Waals surface area contributed by atoms with E-state index in [9.17, 15) is 4.39 Å². The van der Waals surface area contributed by atoms with E-state index in [2.05, 4.69) is 15.9 Å². The van der Waals surface area contributed by atoms with E-state index < -0.39 is 0 Å². The Bertz CT molecular complexity index is 405. The van der Waals surface area contributed by atoms with Crippen molar-refractivity contribution in [2.75, 3.05) is 6.61 Å². The number of benzene rings is 1. The predicted molar refractivity (Wildman–Crippen MR) is 71.4 cm³/mol. The molecule has 0 radical (unpaired) electrons. The molecule has 1 aromatic carbocycles. The van der Waals surface area contributed by atoms with Gasteiger partial charge in [-0.2, -0.15) is 0 Å². The van der Waals surface area contributed by atoms with Crippen LogP contribution in [0.1, 0.15) is 35.2 Å². The van der Waals surface area contributed by atoms with Gasteiger partial charge in [0.15, 0.2) is 0 Å². The van der Waals surface area contributed by atoms with Crippen LogP contribution in [-0.4, -0.2) is 12.7 Å². The molecular formula is C13H15BrClFO. The van der Waals surface area contributed by atoms with E-state index in [4.69, 9.17) is 16.3 Å². The smallest absolute Gasteiger partial charge is 0.127 e. The molecule has 94 valence electrons. The average molecular weight is 322 g/mol. The predicted octanol–water partition coefficient (Wildman–Crippen LogP) is 4.79. The van der Waals surface area contributed by atoms with Crippen LogP contribution in [0.3, 0.4) is 0 Å². The first kappa shape index (κ1) is 13.3. The molecule has 2 unspecified atom stereocenters. The summed E-state index contributed by atoms with van der Waals surface area (Å²) in [5.74, 6) is -0.254. The topological polar surface area (TPSA) is 9.23 Å². The van der Waals surface area contributed by atoms with Crippen LogP contribution in [0, 0.1) is 12.7 Å². The summed E-state index contributed by atoms with van der Waals surface area (Å²) >= 11 is 9.69. The second-order valence-electron chi connectivity index (χ2n) is 4.46. The minimum atomic E-state index is -0.254. The van der Waals surface area contributed by atoms with Crippen LogP contribution >= 0.6 is 27.5 Å². The van der Waals surface area contributed by atoms with Gasteiger partial charge in [-0.05, 0) is 43.4 Å². The highest BCUT2D eigenvalue weighted by atomic mass is 79.9. The standard InChI is InChI=1S/C13H15BrClFO/c1-8-5-10(12(15)7-13(8)16)11(14)6-9-3-2-4-17-9/h5,7,9,11H,2-4,6H2,1H3. The fourth-order valence-corrected chi connectivity index (χ4v) is 3.32. The third-order valence-electron chi connectivity index (χ3n) is 3.11. The van der Waals surface area contributed by atoms with Gasteiger partial charge in [-0.15, -0.1) is 0 Å². The van der Waals surface area contributed by atoms with E-state index in [0.29, 0.717) is 16.7 Å². The SMILES string of the molecule is Cc1cc(C(Br)CC2CCCO2)c(Cl)cc1F. The van der Waals surface area contributed by atoms with E-state index in [-0.39, 0.29) is 10.6 Å². The van der Waals surface area contributed by atoms with Crippen LogP contribution in [0.5, 0.6) is 0 Å². The molecule has 0 spiro atoms. The van der Waals surface area contributed by atoms with Gasteiger partial charge in [0.05, 0.1) is 6.10 Å². The van der Waals surface area contributed by atoms with Crippen molar-refractivity contribution in [1.29, 1.82) is 0 Å². The third-order valence-corrected chi connectivity index (χ3v) is 4.30. The molecule has 0 amide bonds. The summed E-state index contributed by atoms with van der Waals surface area (Å²) in [4.78, 5) is 0.123. The highest BCUT2D eigenvalue weighted by Gasteiger charge is 2.22. The molecular weight excluding hydrogens is 306 g/mol. The zero-order chi connectivity index (χ0) is 12.4. The number of ether oxygens (including phenoxy) is 1. The first-order valence-electron chi connectivity index (χ1n) is 5.79. The molecule has 1 aliphatic rings. The highest BCUT2D eigenvalue weighted by Crippen LogP contribution is 2.36. The maximum absolute atomic E-state index is 13.3. The minimum absolute atomic E-state index is 0.123. The Hall–Kier alpha value is -0.120. The third kappa shape index (κ3) is 3.21. The summed E-state index contributed by atoms with van der Waals surface area (Å²) in [7, 11) is 0. The van der Waals surface area contributed by atoms with Gasteiger partial charge >= 0.3 is 0 Å². The van der Waals surface area contributed by atoms with E-state index in [1.54, 1.807) is 6.92 Å². The molecule has 1 heterocycles. The van der Waals surface area contributed by atoms with Crippen molar-refractivity contribution >= 4 is 27.5 Å². The summed E-state index contributed by atoms with van der Waals surface area (Å²) in [6.45, 7) is 2.60. The Morgan fingerprint density at radius 2 is 2.35 bits per heavy atom. The Kier molecular flexibility index (Phi) is 4.45. The van der Waals surface area contributed by atoms with Gasteiger partial charge in [-0.3, -0.25) is 0 Å². The molecule has 1 saturated heterocycles. The van der Waals surface area contributed by atoms with Gasteiger partial charge < -0.3 is 4.74 Å². The van der Waals surface area contributed by atoms with Crippen molar-refractivity contribution in [2.24, 2.45) is 0 Å². The van der Waals surface area contributed by atoms with Gasteiger partial charge in [-0.1, -0.05) is 33.6 Å². The van der Waals surface area contributed by atoms with Crippen molar-refractivity contribution in [3.63, 3.8) is 0 Å². The van der Waals surface area contributed by atoms with Gasteiger partial charge in [0, 0.05) is 16.5 Å². The summed E-state index contributed by atoms with van der Waals surface area (Å²) in [6.07, 6.45) is 3.39. The fraction of sp³-hybridized carbons (Fsp3) is 0.538. The maximum atomic E-state index is 13.3. The van der Waals surface area contributed by atoms with E-state index in [1.165, 1.54) is 6.07 Å². The molecule has 2 atom stereocenters. The van der Waals surface area contributed by atoms with Gasteiger partial charge in [-0.25, -0.2) is 4.39 Å². The zero-order valence-corrected chi connectivity index (χ0v) is 12.0. The maximum Gasteiger partial charge on any atom is 0.127 e. The number of rotatable bonds is 3. The van der Waals surface area contributed by atoms with Crippen LogP contribution in [0.2, 0.25) is 5.02 Å². The summed E-state index contributed by atoms with van der Waals surface area (Å²) < 4.78 is 18.9. The van der Waals surface area contributed by atoms with E-state index in [1.807, 2.05) is 6.07 Å². The van der Waals surface area contributed by atoms with Crippen molar-refractivity contribution < 1.29 is 9.13 Å². The van der Waals surface area contributed by atoms with Gasteiger partial charge in [0.1, 0.15) is 5.82 Å². The lowest BCUT2D eigenvalue weighted by Crippen LogP contribution is -2.08. The molecule has 1 aromatic rings. The van der Waals surface area contributed by atoms with Gasteiger partial charge in [0.25, 0.3) is 0 Å². The van der Waals surface area contributed by atoms with E-state index >= 15 is 0 Å². The largest absolute Gasteiger partial charge is 0.378 e. The van der Waals surface area contributed by atoms with Crippen LogP contribution in [0.4, 0.5) is 4.39 Å². The molecule has 0 N–H and O–H groups in total. The monoisotopic (exact) mass is 320 g/mol. The summed E-state index contributed by atoms with van der Waals surface area (Å²) in [6, 6.07) is 3.20. The second kappa shape index (κ2) is 5.68. The molecule has 17 heavy (non-hydrogen) atoms. The van der Waals surface area contributed by atoms with Crippen molar-refractivity contribution in [3.05, 3.63) is 34.1 Å². The van der Waals surface area contributed by atoms with Crippen LogP contribution in [0.25, 0.3) is 0 Å². The molecule has 1 fully saturated rings. The first-order chi connectivity index (χ1) is 8.08. The fourth-order valence-electron chi connectivity index (χ4n) is 2.11. The Labute approximate surface area is 114 Å². The molecule has 0 saturated carbocycles. The Morgan fingerprint density at radius 3 is 3.00 bits per heavy atom. The molecule has 1 aliphatic heterocycles. The van der Waals surface area contributed by atoms with Crippen LogP contribution < -0.4 is 0 Å². The normalized spacial score (nSPS) is 21.8. The average Bonchev–Trinajstić information content (AvgIpc) is 2.76. The molecule has 0 aromatic heterocycles. The van der Waals surface area contributed by atoms with Crippen molar-refractivity contribution in [1.82, 2.24) is 0 Å². The number of hydrogen-bond donors (Lipinski definition) is 0. The lowest BCUT2D eigenvalue weighted by molar-refractivity contribution is 0.104. The molecule has 1 nitrogen and oxygen atoms in total. The van der Waals surface area contributed by atoms with Crippen molar-refractivity contribution in [3.8, 4) is 0 Å². The van der Waals surface area contributed by atoms with Crippen LogP contribution in [0.15, 0.2) is 12.1 Å². The summed E-state index contributed by atoms with van der Waals surface area (Å²) in [5.41, 5.74) is 1.57. The number of alkyl halides is 1. The van der Waals surface area contributed by atoms with Crippen LogP contribution in [-0.2, 0) is 4.74 Å². The minimum Gasteiger partial charge on any atom is -0.378 e. The van der Waals surface area contributed by atoms with E-state index in [0.717, 1.165) is 31.4 Å². The number of hydrogen-bond acceptors (Lipinski definition) is 1. The molecule has 0 aliphatic carbocycles. The highest BCUT2D eigenvalue weighted by molar-refractivity contribution is 9.09. The summed E-state index contributed by atoms with van der Waals surface area (Å²) in [5, 5.41) is 0.480. The molecule has 4 heteroatoms. The Morgan fingerprint density at radius 1 is 1.59 bits per heavy atom. The second-order valence-corrected chi connectivity index (χ2v) is 5.97. The molecule has 2 rings (SSSR count).